The van der Waals surface area contributed by atoms with Crippen LogP contribution in [0.15, 0.2) is 18.3 Å². The fourth-order valence-electron chi connectivity index (χ4n) is 1.49. The molecule has 1 saturated heterocycles. The van der Waals surface area contributed by atoms with Crippen molar-refractivity contribution in [1.29, 1.82) is 5.26 Å². The van der Waals surface area contributed by atoms with E-state index in [2.05, 4.69) is 10.3 Å². The molecule has 0 bridgehead atoms. The first kappa shape index (κ1) is 11.4. The molecule has 0 radical (unpaired) electrons. The summed E-state index contributed by atoms with van der Waals surface area (Å²) in [7, 11) is 0. The number of urea groups is 1. The maximum absolute atomic E-state index is 11.8. The molecule has 2 amide bonds. The van der Waals surface area contributed by atoms with Crippen molar-refractivity contribution in [3.8, 4) is 6.07 Å². The van der Waals surface area contributed by atoms with E-state index < -0.39 is 0 Å². The van der Waals surface area contributed by atoms with Crippen LogP contribution in [0.2, 0.25) is 0 Å². The van der Waals surface area contributed by atoms with Gasteiger partial charge in [0.15, 0.2) is 0 Å². The van der Waals surface area contributed by atoms with Gasteiger partial charge in [-0.1, -0.05) is 0 Å². The zero-order valence-electron chi connectivity index (χ0n) is 9.22. The second kappa shape index (κ2) is 5.27. The number of nitrogens with one attached hydrogen (secondary N) is 1. The van der Waals surface area contributed by atoms with E-state index in [9.17, 15) is 4.79 Å². The van der Waals surface area contributed by atoms with Gasteiger partial charge in [0.2, 0.25) is 0 Å². The molecule has 6 heteroatoms. The average molecular weight is 232 g/mol. The molecule has 1 aliphatic heterocycles. The number of morpholine rings is 1. The normalized spacial score (nSPS) is 15.1. The lowest BCUT2D eigenvalue weighted by Crippen LogP contribution is -2.43. The molecule has 0 aliphatic carbocycles. The molecule has 88 valence electrons. The minimum Gasteiger partial charge on any atom is -0.378 e. The second-order valence-electron chi connectivity index (χ2n) is 3.57. The number of anilines is 1. The van der Waals surface area contributed by atoms with Gasteiger partial charge < -0.3 is 9.64 Å². The van der Waals surface area contributed by atoms with Crippen molar-refractivity contribution in [2.45, 2.75) is 0 Å². The van der Waals surface area contributed by atoms with E-state index >= 15 is 0 Å². The number of amides is 2. The number of aromatic nitrogens is 1. The zero-order chi connectivity index (χ0) is 12.1. The molecule has 2 rings (SSSR count). The van der Waals surface area contributed by atoms with E-state index in [4.69, 9.17) is 10.00 Å². The van der Waals surface area contributed by atoms with Gasteiger partial charge in [-0.3, -0.25) is 5.32 Å². The van der Waals surface area contributed by atoms with Crippen LogP contribution in [0.4, 0.5) is 10.6 Å². The Hall–Kier alpha value is -2.13. The molecule has 0 aromatic carbocycles. The van der Waals surface area contributed by atoms with Gasteiger partial charge >= 0.3 is 6.03 Å². The lowest BCUT2D eigenvalue weighted by Gasteiger charge is -2.26. The number of hydrogen-bond acceptors (Lipinski definition) is 4. The molecule has 1 aromatic heterocycles. The van der Waals surface area contributed by atoms with Crippen LogP contribution in [-0.2, 0) is 4.74 Å². The third kappa shape index (κ3) is 2.92. The van der Waals surface area contributed by atoms with Crippen molar-refractivity contribution in [1.82, 2.24) is 9.88 Å². The van der Waals surface area contributed by atoms with Crippen molar-refractivity contribution in [2.24, 2.45) is 0 Å². The molecular weight excluding hydrogens is 220 g/mol. The quantitative estimate of drug-likeness (QED) is 0.777. The van der Waals surface area contributed by atoms with Crippen LogP contribution in [0.1, 0.15) is 5.56 Å². The number of rotatable bonds is 1. The predicted octanol–water partition coefficient (Wildman–Crippen LogP) is 0.817. The Labute approximate surface area is 98.8 Å². The Morgan fingerprint density at radius 2 is 2.24 bits per heavy atom. The summed E-state index contributed by atoms with van der Waals surface area (Å²) in [5, 5.41) is 11.3. The first-order valence-electron chi connectivity index (χ1n) is 5.29. The monoisotopic (exact) mass is 232 g/mol. The summed E-state index contributed by atoms with van der Waals surface area (Å²) < 4.78 is 5.16. The first-order valence-corrected chi connectivity index (χ1v) is 5.29. The average Bonchev–Trinajstić information content (AvgIpc) is 2.40. The van der Waals surface area contributed by atoms with Crippen LogP contribution >= 0.6 is 0 Å². The molecule has 0 unspecified atom stereocenters. The molecule has 0 saturated carbocycles. The molecule has 1 N–H and O–H groups in total. The van der Waals surface area contributed by atoms with Crippen LogP contribution in [0, 0.1) is 11.3 Å². The molecule has 17 heavy (non-hydrogen) atoms. The Morgan fingerprint density at radius 3 is 2.82 bits per heavy atom. The van der Waals surface area contributed by atoms with Crippen LogP contribution in [0.5, 0.6) is 0 Å². The van der Waals surface area contributed by atoms with E-state index in [0.717, 1.165) is 0 Å². The van der Waals surface area contributed by atoms with Gasteiger partial charge in [0.05, 0.1) is 18.8 Å². The van der Waals surface area contributed by atoms with Crippen molar-refractivity contribution < 1.29 is 9.53 Å². The van der Waals surface area contributed by atoms with E-state index in [1.165, 1.54) is 6.20 Å². The molecular formula is C11H12N4O2. The van der Waals surface area contributed by atoms with Crippen LogP contribution in [0.3, 0.4) is 0 Å². The van der Waals surface area contributed by atoms with E-state index in [1.54, 1.807) is 17.0 Å². The summed E-state index contributed by atoms with van der Waals surface area (Å²) in [6, 6.07) is 5.00. The van der Waals surface area contributed by atoms with E-state index in [0.29, 0.717) is 37.7 Å². The summed E-state index contributed by atoms with van der Waals surface area (Å²) in [6.07, 6.45) is 1.43. The van der Waals surface area contributed by atoms with Crippen molar-refractivity contribution in [3.05, 3.63) is 23.9 Å². The van der Waals surface area contributed by atoms with Crippen LogP contribution in [-0.4, -0.2) is 42.2 Å². The van der Waals surface area contributed by atoms with Crippen molar-refractivity contribution in [2.75, 3.05) is 31.6 Å². The third-order valence-corrected chi connectivity index (χ3v) is 2.43. The number of hydrogen-bond donors (Lipinski definition) is 1. The van der Waals surface area contributed by atoms with Crippen LogP contribution in [0.25, 0.3) is 0 Å². The summed E-state index contributed by atoms with van der Waals surface area (Å²) in [5.74, 6) is 0.445. The summed E-state index contributed by atoms with van der Waals surface area (Å²) in [6.45, 7) is 2.30. The van der Waals surface area contributed by atoms with E-state index in [-0.39, 0.29) is 6.03 Å². The number of ether oxygens (including phenoxy) is 1. The topological polar surface area (TPSA) is 78.2 Å². The summed E-state index contributed by atoms with van der Waals surface area (Å²) in [4.78, 5) is 17.4. The van der Waals surface area contributed by atoms with Gasteiger partial charge in [0.25, 0.3) is 0 Å². The number of carbonyl (C=O) groups is 1. The van der Waals surface area contributed by atoms with Gasteiger partial charge in [-0.15, -0.1) is 0 Å². The van der Waals surface area contributed by atoms with Crippen LogP contribution < -0.4 is 5.32 Å². The van der Waals surface area contributed by atoms with Gasteiger partial charge in [-0.05, 0) is 12.1 Å². The Bertz CT molecular complexity index is 432. The highest BCUT2D eigenvalue weighted by Gasteiger charge is 2.16. The summed E-state index contributed by atoms with van der Waals surface area (Å²) in [5.41, 5.74) is 0.467. The smallest absolute Gasteiger partial charge is 0.323 e. The number of nitriles is 1. The Kier molecular flexibility index (Phi) is 3.52. The highest BCUT2D eigenvalue weighted by Crippen LogP contribution is 2.06. The van der Waals surface area contributed by atoms with Gasteiger partial charge in [0, 0.05) is 19.3 Å². The Morgan fingerprint density at radius 1 is 1.47 bits per heavy atom. The minimum atomic E-state index is -0.189. The third-order valence-electron chi connectivity index (χ3n) is 2.43. The highest BCUT2D eigenvalue weighted by molar-refractivity contribution is 5.88. The van der Waals surface area contributed by atoms with Crippen molar-refractivity contribution >= 4 is 11.8 Å². The van der Waals surface area contributed by atoms with Crippen molar-refractivity contribution in [3.63, 3.8) is 0 Å². The zero-order valence-corrected chi connectivity index (χ0v) is 9.22. The number of nitrogens with zero attached hydrogens (tertiary/aromatic N) is 3. The number of carbonyl (C=O) groups excluding carboxylic acids is 1. The minimum absolute atomic E-state index is 0.189. The number of pyridine rings is 1. The molecule has 0 atom stereocenters. The largest absolute Gasteiger partial charge is 0.378 e. The fraction of sp³-hybridized carbons (Fsp3) is 0.364. The lowest BCUT2D eigenvalue weighted by atomic mass is 10.3. The highest BCUT2D eigenvalue weighted by atomic mass is 16.5. The summed E-state index contributed by atoms with van der Waals surface area (Å²) >= 11 is 0. The first-order chi connectivity index (χ1) is 8.29. The SMILES string of the molecule is N#Cc1ccc(NC(=O)N2CCOCC2)nc1. The van der Waals surface area contributed by atoms with Gasteiger partial charge in [-0.25, -0.2) is 9.78 Å². The molecule has 2 heterocycles. The molecule has 6 nitrogen and oxygen atoms in total. The molecule has 1 aromatic rings. The predicted molar refractivity (Wildman–Crippen MR) is 60.4 cm³/mol. The van der Waals surface area contributed by atoms with Gasteiger partial charge in [-0.2, -0.15) is 5.26 Å². The molecule has 1 aliphatic rings. The lowest BCUT2D eigenvalue weighted by molar-refractivity contribution is 0.0564. The van der Waals surface area contributed by atoms with Gasteiger partial charge in [0.1, 0.15) is 11.9 Å². The molecule has 0 spiro atoms. The standard InChI is InChI=1S/C11H12N4O2/c12-7-9-1-2-10(13-8-9)14-11(16)15-3-5-17-6-4-15/h1-2,8H,3-6H2,(H,13,14,16). The fourth-order valence-corrected chi connectivity index (χ4v) is 1.49. The maximum Gasteiger partial charge on any atom is 0.323 e. The maximum atomic E-state index is 11.8. The molecule has 1 fully saturated rings. The second-order valence-corrected chi connectivity index (χ2v) is 3.57. The Balaban J connectivity index is 1.95. The van der Waals surface area contributed by atoms with E-state index in [1.807, 2.05) is 6.07 Å².